The highest BCUT2D eigenvalue weighted by Crippen LogP contribution is 2.29. The van der Waals surface area contributed by atoms with Crippen LogP contribution in [-0.4, -0.2) is 26.5 Å². The number of nitrogens with zero attached hydrogens (tertiary/aromatic N) is 2. The van der Waals surface area contributed by atoms with E-state index in [1.807, 2.05) is 52.8 Å². The maximum atomic E-state index is 12.5. The Hall–Kier alpha value is -2.89. The highest BCUT2D eigenvalue weighted by Gasteiger charge is 2.25. The van der Waals surface area contributed by atoms with Crippen molar-refractivity contribution in [1.82, 2.24) is 19.9 Å². The highest BCUT2D eigenvalue weighted by molar-refractivity contribution is 5.96. The molecule has 3 aromatic rings. The quantitative estimate of drug-likeness (QED) is 0.730. The number of hydrogen-bond donors (Lipinski definition) is 2. The van der Waals surface area contributed by atoms with E-state index in [1.54, 1.807) is 10.8 Å². The number of imidazole rings is 1. The lowest BCUT2D eigenvalue weighted by molar-refractivity contribution is 0.0951. The first-order valence-corrected chi connectivity index (χ1v) is 9.69. The summed E-state index contributed by atoms with van der Waals surface area (Å²) in [5, 5.41) is 3.05. The van der Waals surface area contributed by atoms with Crippen LogP contribution in [0.2, 0.25) is 0 Å². The number of nitrogens with one attached hydrogen (secondary N) is 2. The molecule has 0 saturated heterocycles. The SMILES string of the molecule is Cc1cc(C(=O)NC2CC2)cc(-c2cnc3c(c2)[nH]c(=O)n3C(C)(C)C)c1C. The van der Waals surface area contributed by atoms with E-state index < -0.39 is 0 Å². The van der Waals surface area contributed by atoms with E-state index in [4.69, 9.17) is 0 Å². The smallest absolute Gasteiger partial charge is 0.328 e. The molecule has 1 fully saturated rings. The topological polar surface area (TPSA) is 79.8 Å². The van der Waals surface area contributed by atoms with Gasteiger partial charge in [0.25, 0.3) is 5.91 Å². The minimum atomic E-state index is -0.364. The van der Waals surface area contributed by atoms with Crippen molar-refractivity contribution < 1.29 is 4.79 Å². The molecule has 6 heteroatoms. The van der Waals surface area contributed by atoms with E-state index >= 15 is 0 Å². The fraction of sp³-hybridized carbons (Fsp3) is 0.409. The van der Waals surface area contributed by atoms with Crippen molar-refractivity contribution in [1.29, 1.82) is 0 Å². The molecule has 0 radical (unpaired) electrons. The molecule has 2 N–H and O–H groups in total. The molecule has 28 heavy (non-hydrogen) atoms. The molecule has 0 atom stereocenters. The molecule has 1 aliphatic rings. The third-order valence-corrected chi connectivity index (χ3v) is 5.35. The van der Waals surface area contributed by atoms with E-state index in [1.165, 1.54) is 0 Å². The van der Waals surface area contributed by atoms with Gasteiger partial charge in [-0.15, -0.1) is 0 Å². The number of rotatable bonds is 3. The number of amides is 1. The van der Waals surface area contributed by atoms with Crippen LogP contribution in [0.3, 0.4) is 0 Å². The van der Waals surface area contributed by atoms with Crippen LogP contribution >= 0.6 is 0 Å². The van der Waals surface area contributed by atoms with Crippen LogP contribution in [0.4, 0.5) is 0 Å². The third-order valence-electron chi connectivity index (χ3n) is 5.35. The number of hydrogen-bond acceptors (Lipinski definition) is 3. The number of aromatic amines is 1. The molecule has 2 heterocycles. The summed E-state index contributed by atoms with van der Waals surface area (Å²) >= 11 is 0. The van der Waals surface area contributed by atoms with Crippen molar-refractivity contribution >= 4 is 17.1 Å². The molecular weight excluding hydrogens is 352 g/mol. The Bertz CT molecular complexity index is 1140. The molecule has 1 aliphatic carbocycles. The number of aryl methyl sites for hydroxylation is 1. The van der Waals surface area contributed by atoms with Gasteiger partial charge in [0.1, 0.15) is 0 Å². The van der Waals surface area contributed by atoms with Gasteiger partial charge in [-0.25, -0.2) is 9.78 Å². The first-order valence-electron chi connectivity index (χ1n) is 9.69. The van der Waals surface area contributed by atoms with Crippen LogP contribution in [0.5, 0.6) is 0 Å². The molecule has 1 aromatic carbocycles. The Morgan fingerprint density at radius 2 is 1.93 bits per heavy atom. The Labute approximate surface area is 164 Å². The molecule has 0 unspecified atom stereocenters. The zero-order valence-electron chi connectivity index (χ0n) is 17.0. The van der Waals surface area contributed by atoms with Crippen LogP contribution in [0, 0.1) is 13.8 Å². The lowest BCUT2D eigenvalue weighted by Crippen LogP contribution is -2.32. The minimum Gasteiger partial charge on any atom is -0.349 e. The second kappa shape index (κ2) is 6.33. The molecule has 0 bridgehead atoms. The van der Waals surface area contributed by atoms with Crippen molar-refractivity contribution in [2.75, 3.05) is 0 Å². The second-order valence-electron chi connectivity index (χ2n) is 8.74. The van der Waals surface area contributed by atoms with Gasteiger partial charge in [0, 0.05) is 28.9 Å². The molecule has 146 valence electrons. The van der Waals surface area contributed by atoms with Crippen molar-refractivity contribution in [3.05, 3.63) is 51.6 Å². The number of benzene rings is 1. The zero-order chi connectivity index (χ0) is 20.2. The van der Waals surface area contributed by atoms with Gasteiger partial charge >= 0.3 is 5.69 Å². The molecular formula is C22H26N4O2. The predicted octanol–water partition coefficient (Wildman–Crippen LogP) is 3.66. The summed E-state index contributed by atoms with van der Waals surface area (Å²) in [4.78, 5) is 32.5. The van der Waals surface area contributed by atoms with E-state index in [0.717, 1.165) is 35.1 Å². The van der Waals surface area contributed by atoms with Gasteiger partial charge in [-0.1, -0.05) is 0 Å². The summed E-state index contributed by atoms with van der Waals surface area (Å²) in [5.74, 6) is -0.0341. The number of fused-ring (bicyclic) bond motifs is 1. The van der Waals surface area contributed by atoms with Crippen molar-refractivity contribution in [2.45, 2.75) is 59.0 Å². The number of aromatic nitrogens is 3. The van der Waals surface area contributed by atoms with Crippen molar-refractivity contribution in [2.24, 2.45) is 0 Å². The standard InChI is InChI=1S/C22H26N4O2/c1-12-8-14(20(27)24-16-6-7-16)9-17(13(12)2)15-10-18-19(23-11-15)26(21(28)25-18)22(3,4)5/h8-11,16H,6-7H2,1-5H3,(H,24,27)(H,25,28). The predicted molar refractivity (Wildman–Crippen MR) is 111 cm³/mol. The van der Waals surface area contributed by atoms with Gasteiger partial charge in [-0.3, -0.25) is 9.36 Å². The summed E-state index contributed by atoms with van der Waals surface area (Å²) in [5.41, 5.74) is 5.46. The highest BCUT2D eigenvalue weighted by atomic mass is 16.2. The normalized spacial score (nSPS) is 14.5. The number of pyridine rings is 1. The molecule has 1 amide bonds. The van der Waals surface area contributed by atoms with E-state index in [-0.39, 0.29) is 17.1 Å². The molecule has 0 aliphatic heterocycles. The average Bonchev–Trinajstić information content (AvgIpc) is 3.34. The molecule has 4 rings (SSSR count). The number of carbonyl (C=O) groups excluding carboxylic acids is 1. The summed E-state index contributed by atoms with van der Waals surface area (Å²) < 4.78 is 1.67. The molecule has 6 nitrogen and oxygen atoms in total. The van der Waals surface area contributed by atoms with E-state index in [0.29, 0.717) is 22.8 Å². The molecule has 2 aromatic heterocycles. The van der Waals surface area contributed by atoms with E-state index in [9.17, 15) is 9.59 Å². The Balaban J connectivity index is 1.82. The maximum absolute atomic E-state index is 12.5. The fourth-order valence-electron chi connectivity index (χ4n) is 3.55. The van der Waals surface area contributed by atoms with Crippen molar-refractivity contribution in [3.8, 4) is 11.1 Å². The van der Waals surface area contributed by atoms with Crippen molar-refractivity contribution in [3.63, 3.8) is 0 Å². The van der Waals surface area contributed by atoms with Crippen LogP contribution in [0.15, 0.2) is 29.2 Å². The van der Waals surface area contributed by atoms with Gasteiger partial charge in [0.15, 0.2) is 5.65 Å². The lowest BCUT2D eigenvalue weighted by atomic mass is 9.95. The Morgan fingerprint density at radius 1 is 1.21 bits per heavy atom. The van der Waals surface area contributed by atoms with Crippen LogP contribution in [0.25, 0.3) is 22.3 Å². The first kappa shape index (κ1) is 18.5. The number of carbonyl (C=O) groups is 1. The average molecular weight is 378 g/mol. The lowest BCUT2D eigenvalue weighted by Gasteiger charge is -2.20. The third kappa shape index (κ3) is 3.23. The minimum absolute atomic E-state index is 0.0341. The summed E-state index contributed by atoms with van der Waals surface area (Å²) in [6, 6.07) is 6.11. The summed E-state index contributed by atoms with van der Waals surface area (Å²) in [6.07, 6.45) is 3.90. The van der Waals surface area contributed by atoms with Crippen LogP contribution in [0.1, 0.15) is 55.1 Å². The largest absolute Gasteiger partial charge is 0.349 e. The van der Waals surface area contributed by atoms with Gasteiger partial charge in [-0.05, 0) is 82.3 Å². The van der Waals surface area contributed by atoms with Crippen LogP contribution < -0.4 is 11.0 Å². The maximum Gasteiger partial charge on any atom is 0.328 e. The Morgan fingerprint density at radius 3 is 2.57 bits per heavy atom. The summed E-state index contributed by atoms with van der Waals surface area (Å²) in [7, 11) is 0. The summed E-state index contributed by atoms with van der Waals surface area (Å²) in [6.45, 7) is 9.99. The van der Waals surface area contributed by atoms with Gasteiger partial charge in [0.2, 0.25) is 0 Å². The van der Waals surface area contributed by atoms with Gasteiger partial charge < -0.3 is 10.3 Å². The molecule has 0 spiro atoms. The molecule has 1 saturated carbocycles. The van der Waals surface area contributed by atoms with Gasteiger partial charge in [0.05, 0.1) is 5.52 Å². The van der Waals surface area contributed by atoms with Gasteiger partial charge in [-0.2, -0.15) is 0 Å². The van der Waals surface area contributed by atoms with Crippen LogP contribution in [-0.2, 0) is 5.54 Å². The fourth-order valence-corrected chi connectivity index (χ4v) is 3.55. The van der Waals surface area contributed by atoms with E-state index in [2.05, 4.69) is 15.3 Å². The Kier molecular flexibility index (Phi) is 4.17. The monoisotopic (exact) mass is 378 g/mol. The zero-order valence-corrected chi connectivity index (χ0v) is 17.0. The number of H-pyrrole nitrogens is 1. The first-order chi connectivity index (χ1) is 13.1. The second-order valence-corrected chi connectivity index (χ2v) is 8.74.